The largest absolute Gasteiger partial charge is 0.396 e. The summed E-state index contributed by atoms with van der Waals surface area (Å²) in [5, 5.41) is 69.2. The van der Waals surface area contributed by atoms with Crippen molar-refractivity contribution in [1.82, 2.24) is 88.8 Å². The summed E-state index contributed by atoms with van der Waals surface area (Å²) in [6, 6.07) is 36.5. The minimum atomic E-state index is -0.320. The molecule has 13 heterocycles. The highest BCUT2D eigenvalue weighted by Crippen LogP contribution is 2.33. The number of aromatic nitrogens is 18. The van der Waals surface area contributed by atoms with Crippen LogP contribution in [0.2, 0.25) is 0 Å². The second-order valence-electron chi connectivity index (χ2n) is 23.6. The Hall–Kier alpha value is -10.1. The monoisotopic (exact) mass is 1610 g/mol. The average Bonchev–Trinajstić information content (AvgIpc) is 1.72. The molecule has 0 unspecified atom stereocenters. The van der Waals surface area contributed by atoms with Gasteiger partial charge in [-0.2, -0.15) is 58.9 Å². The van der Waals surface area contributed by atoms with Crippen LogP contribution in [0.5, 0.6) is 0 Å². The van der Waals surface area contributed by atoms with Gasteiger partial charge in [-0.3, -0.25) is 9.97 Å². The normalized spacial score (nSPS) is 14.9. The number of hydrogen-bond acceptors (Lipinski definition) is 22. The summed E-state index contributed by atoms with van der Waals surface area (Å²) in [5.41, 5.74) is 10.0. The van der Waals surface area contributed by atoms with Crippen molar-refractivity contribution in [2.24, 2.45) is 5.92 Å². The van der Waals surface area contributed by atoms with Gasteiger partial charge in [0, 0.05) is 124 Å². The lowest BCUT2D eigenvalue weighted by molar-refractivity contribution is 0.178. The lowest BCUT2D eigenvalue weighted by Gasteiger charge is -2.31. The molecule has 101 heavy (non-hydrogen) atoms. The quantitative estimate of drug-likeness (QED) is 0.0396. The minimum Gasteiger partial charge on any atom is -0.396 e. The van der Waals surface area contributed by atoms with Gasteiger partial charge in [0.2, 0.25) is 0 Å². The van der Waals surface area contributed by atoms with Crippen LogP contribution in [0.3, 0.4) is 0 Å². The molecule has 3 atom stereocenters. The molecule has 0 radical (unpaired) electrons. The fraction of sp³-hybridized carbons (Fsp3) is 0.229. The van der Waals surface area contributed by atoms with Gasteiger partial charge < -0.3 is 41.7 Å². The van der Waals surface area contributed by atoms with Gasteiger partial charge in [0.25, 0.3) is 0 Å². The van der Waals surface area contributed by atoms with E-state index in [1.54, 1.807) is 104 Å². The Labute approximate surface area is 612 Å². The highest BCUT2D eigenvalue weighted by Gasteiger charge is 2.28. The Kier molecular flexibility index (Phi) is 23.0. The van der Waals surface area contributed by atoms with Gasteiger partial charge in [0.1, 0.15) is 40.7 Å². The molecular weight excluding hydrogens is 1550 g/mol. The maximum atomic E-state index is 14.2. The minimum absolute atomic E-state index is 0.128. The molecule has 0 bridgehead atoms. The van der Waals surface area contributed by atoms with Gasteiger partial charge >= 0.3 is 0 Å². The van der Waals surface area contributed by atoms with Crippen molar-refractivity contribution in [3.63, 3.8) is 0 Å². The number of rotatable bonds is 19. The molecule has 2 fully saturated rings. The molecule has 2 aliphatic rings. The molecule has 14 aromatic rings. The lowest BCUT2D eigenvalue weighted by atomic mass is 9.85. The smallest absolute Gasteiger partial charge is 0.173 e. The maximum absolute atomic E-state index is 14.2. The SMILES string of the molecule is Brc1cnn2c(NCc3ccnnc3)cc(-c3ccccc3)nc12.Fc1ccccc1-c1cc(NCc2ccnnc2)n2ncc(Br)c2n1.OC[C@@H]1CCCN1c1cc(NCc2cccnc2)n2ncc(Br)c2n1.OC[C@H]1CCCC[C@H]1Nc1cc(NCc2cccnc2)n2ncc(Br)c2n1. The fourth-order valence-corrected chi connectivity index (χ4v) is 13.2. The van der Waals surface area contributed by atoms with Crippen LogP contribution < -0.4 is 31.5 Å². The molecule has 1 aliphatic heterocycles. The fourth-order valence-electron chi connectivity index (χ4n) is 11.8. The van der Waals surface area contributed by atoms with Gasteiger partial charge in [-0.1, -0.05) is 67.4 Å². The van der Waals surface area contributed by atoms with Crippen LogP contribution in [0.15, 0.2) is 208 Å². The summed E-state index contributed by atoms with van der Waals surface area (Å²) in [6.07, 6.45) is 27.4. The molecule has 1 aliphatic carbocycles. The number of fused-ring (bicyclic) bond motifs is 4. The third-order valence-electron chi connectivity index (χ3n) is 16.9. The van der Waals surface area contributed by atoms with E-state index in [-0.39, 0.29) is 37.0 Å². The molecule has 0 amide bonds. The summed E-state index contributed by atoms with van der Waals surface area (Å²) in [6.45, 7) is 3.71. The zero-order valence-electron chi connectivity index (χ0n) is 54.1. The first kappa shape index (κ1) is 69.4. The van der Waals surface area contributed by atoms with Crippen LogP contribution in [0.1, 0.15) is 60.8 Å². The highest BCUT2D eigenvalue weighted by atomic mass is 79.9. The van der Waals surface area contributed by atoms with Crippen molar-refractivity contribution in [1.29, 1.82) is 0 Å². The van der Waals surface area contributed by atoms with Crippen LogP contribution in [-0.2, 0) is 26.2 Å². The van der Waals surface area contributed by atoms with E-state index in [1.807, 2.05) is 97.3 Å². The van der Waals surface area contributed by atoms with Crippen molar-refractivity contribution >= 4 is 121 Å². The van der Waals surface area contributed by atoms with Crippen molar-refractivity contribution in [2.75, 3.05) is 51.2 Å². The van der Waals surface area contributed by atoms with Crippen molar-refractivity contribution in [3.8, 4) is 22.5 Å². The Morgan fingerprint density at radius 3 is 1.47 bits per heavy atom. The molecular formula is C70H67Br4FN24O2. The van der Waals surface area contributed by atoms with Crippen LogP contribution in [-0.4, -0.2) is 131 Å². The second kappa shape index (κ2) is 33.4. The lowest BCUT2D eigenvalue weighted by Crippen LogP contribution is -2.34. The zero-order chi connectivity index (χ0) is 69.4. The Morgan fingerprint density at radius 1 is 0.446 bits per heavy atom. The number of benzene rings is 2. The summed E-state index contributed by atoms with van der Waals surface area (Å²) in [4.78, 5) is 29.2. The van der Waals surface area contributed by atoms with Gasteiger partial charge in [-0.05, 0) is 148 Å². The second-order valence-corrected chi connectivity index (χ2v) is 27.0. The van der Waals surface area contributed by atoms with Crippen molar-refractivity contribution in [2.45, 2.75) is 76.8 Å². The third kappa shape index (κ3) is 17.1. The predicted octanol–water partition coefficient (Wildman–Crippen LogP) is 13.2. The summed E-state index contributed by atoms with van der Waals surface area (Å²) >= 11 is 14.0. The number of aliphatic hydroxyl groups is 2. The average molecular weight is 1620 g/mol. The van der Waals surface area contributed by atoms with E-state index in [0.29, 0.717) is 48.9 Å². The Bertz CT molecular complexity index is 5030. The van der Waals surface area contributed by atoms with E-state index < -0.39 is 0 Å². The zero-order valence-corrected chi connectivity index (χ0v) is 60.4. The third-order valence-corrected chi connectivity index (χ3v) is 19.1. The number of nitrogens with one attached hydrogen (secondary N) is 5. The van der Waals surface area contributed by atoms with E-state index in [4.69, 9.17) is 15.0 Å². The summed E-state index contributed by atoms with van der Waals surface area (Å²) in [5.74, 6) is 4.89. The number of hydrogen-bond donors (Lipinski definition) is 7. The van der Waals surface area contributed by atoms with E-state index in [9.17, 15) is 14.6 Å². The standard InChI is InChI=1S/C19H23BrN6O.C17H12BrFN6.C17H19BrN6O.C17H13BrN6/c20-15-11-23-26-18(22-10-13-4-3-7-21-9-13)8-17(25-19(15)26)24-16-6-2-1-5-14(16)12-27;18-13-10-23-25-16(20-8-11-5-6-21-22-9-11)7-15(24-17(13)25)12-3-1-2-4-14(12)19;18-14-10-21-24-15(20-9-12-3-1-5-19-8-12)7-16(22-17(14)24)23-6-2-4-13(23)11-25;18-14-11-22-24-16(19-9-12-6-7-20-21-10-12)8-15(23-17(14)24)13-4-2-1-3-5-13/h3-4,7-9,11,14,16,22,27H,1-2,5-6,10,12H2,(H,24,25);1-7,9-10,20H,8H2;1,3,5,7-8,10,13,20,25H,2,4,6,9,11H2;1-8,10-11,19H,9H2/t14-,16-;;13-;/m1.0./s1. The summed E-state index contributed by atoms with van der Waals surface area (Å²) in [7, 11) is 0. The number of pyridine rings is 2. The van der Waals surface area contributed by atoms with Crippen LogP contribution in [0.25, 0.3) is 45.1 Å². The number of halogens is 5. The Morgan fingerprint density at radius 2 is 0.941 bits per heavy atom. The predicted molar refractivity (Wildman–Crippen MR) is 399 cm³/mol. The van der Waals surface area contributed by atoms with Gasteiger partial charge in [-0.25, -0.2) is 24.3 Å². The molecule has 26 nitrogen and oxygen atoms in total. The number of nitrogens with zero attached hydrogens (tertiary/aromatic N) is 19. The summed E-state index contributed by atoms with van der Waals surface area (Å²) < 4.78 is 24.5. The van der Waals surface area contributed by atoms with Crippen LogP contribution >= 0.6 is 63.7 Å². The maximum Gasteiger partial charge on any atom is 0.173 e. The first-order chi connectivity index (χ1) is 49.5. The molecule has 7 N–H and O–H groups in total. The van der Waals surface area contributed by atoms with Gasteiger partial charge in [-0.15, -0.1) is 0 Å². The molecule has 31 heteroatoms. The molecule has 1 saturated heterocycles. The molecule has 1 saturated carbocycles. The van der Waals surface area contributed by atoms with Crippen LogP contribution in [0, 0.1) is 11.7 Å². The molecule has 2 aromatic carbocycles. The highest BCUT2D eigenvalue weighted by molar-refractivity contribution is 9.11. The van der Waals surface area contributed by atoms with Gasteiger partial charge in [0.15, 0.2) is 22.6 Å². The topological polar surface area (TPSA) is 302 Å². The molecule has 12 aromatic heterocycles. The molecule has 0 spiro atoms. The van der Waals surface area contributed by atoms with Gasteiger partial charge in [0.05, 0.1) is 79.1 Å². The first-order valence-corrected chi connectivity index (χ1v) is 35.7. The van der Waals surface area contributed by atoms with E-state index >= 15 is 0 Å². The van der Waals surface area contributed by atoms with Crippen LogP contribution in [0.4, 0.5) is 39.3 Å². The van der Waals surface area contributed by atoms with E-state index in [2.05, 4.69) is 151 Å². The van der Waals surface area contributed by atoms with Crippen molar-refractivity contribution < 1.29 is 14.6 Å². The number of aliphatic hydroxyl groups excluding tert-OH is 2. The van der Waals surface area contributed by atoms with E-state index in [0.717, 1.165) is 130 Å². The Balaban J connectivity index is 0.000000120. The number of anilines is 6. The van der Waals surface area contributed by atoms with E-state index in [1.165, 1.54) is 18.9 Å². The molecule has 16 rings (SSSR count). The van der Waals surface area contributed by atoms with Crippen molar-refractivity contribution in [3.05, 3.63) is 236 Å². The first-order valence-electron chi connectivity index (χ1n) is 32.5. The molecule has 514 valence electrons.